The first-order valence-corrected chi connectivity index (χ1v) is 5.65. The van der Waals surface area contributed by atoms with Crippen molar-refractivity contribution in [2.75, 3.05) is 6.61 Å². The zero-order chi connectivity index (χ0) is 12.2. The third-order valence-corrected chi connectivity index (χ3v) is 2.76. The maximum atomic E-state index is 13.2. The first-order valence-electron chi connectivity index (χ1n) is 4.45. The topological polar surface area (TPSA) is 26.3 Å². The van der Waals surface area contributed by atoms with Crippen LogP contribution in [0.4, 0.5) is 8.78 Å². The maximum absolute atomic E-state index is 13.2. The Labute approximate surface area is 101 Å². The number of ether oxygens (including phenoxy) is 1. The van der Waals surface area contributed by atoms with Crippen molar-refractivity contribution in [2.45, 2.75) is 17.1 Å². The highest BCUT2D eigenvalue weighted by Gasteiger charge is 2.41. The summed E-state index contributed by atoms with van der Waals surface area (Å²) in [5.74, 6) is -1.53. The van der Waals surface area contributed by atoms with Crippen molar-refractivity contribution < 1.29 is 18.3 Å². The lowest BCUT2D eigenvalue weighted by molar-refractivity contribution is -0.159. The van der Waals surface area contributed by atoms with Gasteiger partial charge in [-0.1, -0.05) is 11.6 Å². The highest BCUT2D eigenvalue weighted by Crippen LogP contribution is 2.37. The van der Waals surface area contributed by atoms with Crippen molar-refractivity contribution in [3.05, 3.63) is 29.3 Å². The fraction of sp³-hybridized carbons (Fsp3) is 0.300. The summed E-state index contributed by atoms with van der Waals surface area (Å²) in [6, 6.07) is 5.79. The Morgan fingerprint density at radius 1 is 1.44 bits per heavy atom. The minimum absolute atomic E-state index is 0.0738. The fourth-order valence-corrected chi connectivity index (χ4v) is 1.74. The van der Waals surface area contributed by atoms with Gasteiger partial charge in [-0.2, -0.15) is 8.78 Å². The van der Waals surface area contributed by atoms with Crippen molar-refractivity contribution >= 4 is 29.3 Å². The summed E-state index contributed by atoms with van der Waals surface area (Å²) >= 11 is 5.74. The monoisotopic (exact) mass is 266 g/mol. The van der Waals surface area contributed by atoms with Crippen molar-refractivity contribution in [1.82, 2.24) is 0 Å². The lowest BCUT2D eigenvalue weighted by atomic mass is 10.4. The Kier molecular flexibility index (Phi) is 4.56. The minimum atomic E-state index is -3.58. The predicted molar refractivity (Wildman–Crippen MR) is 58.9 cm³/mol. The molecule has 1 rings (SSSR count). The van der Waals surface area contributed by atoms with Gasteiger partial charge in [0.05, 0.1) is 6.61 Å². The van der Waals surface area contributed by atoms with Crippen LogP contribution in [0, 0.1) is 0 Å². The van der Waals surface area contributed by atoms with Crippen LogP contribution in [-0.2, 0) is 9.53 Å². The van der Waals surface area contributed by atoms with E-state index in [-0.39, 0.29) is 23.3 Å². The van der Waals surface area contributed by atoms with E-state index in [0.29, 0.717) is 5.02 Å². The molecule has 1 aromatic carbocycles. The first kappa shape index (κ1) is 13.3. The second kappa shape index (κ2) is 5.50. The van der Waals surface area contributed by atoms with Gasteiger partial charge in [0.15, 0.2) is 0 Å². The van der Waals surface area contributed by atoms with Crippen molar-refractivity contribution in [3.8, 4) is 0 Å². The SMILES string of the molecule is CCOC(=O)C(F)(F)Sc1ccc(Cl)cc1. The maximum Gasteiger partial charge on any atom is 0.393 e. The van der Waals surface area contributed by atoms with E-state index in [0.717, 1.165) is 0 Å². The summed E-state index contributed by atoms with van der Waals surface area (Å²) in [5.41, 5.74) is 0. The third kappa shape index (κ3) is 3.64. The molecule has 0 aromatic heterocycles. The fourth-order valence-electron chi connectivity index (χ4n) is 0.907. The van der Waals surface area contributed by atoms with E-state index < -0.39 is 11.2 Å². The molecule has 0 spiro atoms. The van der Waals surface area contributed by atoms with Gasteiger partial charge in [0, 0.05) is 9.92 Å². The molecule has 2 nitrogen and oxygen atoms in total. The predicted octanol–water partition coefficient (Wildman–Crippen LogP) is 3.59. The van der Waals surface area contributed by atoms with Crippen LogP contribution >= 0.6 is 23.4 Å². The molecule has 0 aliphatic heterocycles. The van der Waals surface area contributed by atoms with Crippen LogP contribution in [0.1, 0.15) is 6.92 Å². The molecule has 1 aromatic rings. The highest BCUT2D eigenvalue weighted by atomic mass is 35.5. The molecule has 0 heterocycles. The van der Waals surface area contributed by atoms with Gasteiger partial charge < -0.3 is 4.74 Å². The van der Waals surface area contributed by atoms with Crippen LogP contribution in [0.25, 0.3) is 0 Å². The van der Waals surface area contributed by atoms with Gasteiger partial charge in [0.2, 0.25) is 0 Å². The largest absolute Gasteiger partial charge is 0.461 e. The molecule has 6 heteroatoms. The molecule has 0 aliphatic rings. The van der Waals surface area contributed by atoms with Gasteiger partial charge in [0.1, 0.15) is 0 Å². The molecule has 0 aliphatic carbocycles. The van der Waals surface area contributed by atoms with Crippen molar-refractivity contribution in [3.63, 3.8) is 0 Å². The molecule has 0 N–H and O–H groups in total. The van der Waals surface area contributed by atoms with E-state index in [1.165, 1.54) is 31.2 Å². The number of benzene rings is 1. The number of esters is 1. The van der Waals surface area contributed by atoms with Gasteiger partial charge in [-0.25, -0.2) is 4.79 Å². The summed E-state index contributed by atoms with van der Waals surface area (Å²) < 4.78 is 30.8. The Morgan fingerprint density at radius 2 is 2.00 bits per heavy atom. The van der Waals surface area contributed by atoms with Crippen LogP contribution < -0.4 is 0 Å². The van der Waals surface area contributed by atoms with Crippen molar-refractivity contribution in [2.24, 2.45) is 0 Å². The van der Waals surface area contributed by atoms with Crippen LogP contribution in [-0.4, -0.2) is 17.8 Å². The third-order valence-electron chi connectivity index (χ3n) is 1.57. The molecule has 0 unspecified atom stereocenters. The molecule has 0 amide bonds. The molecule has 0 atom stereocenters. The normalized spacial score (nSPS) is 11.2. The lowest BCUT2D eigenvalue weighted by Gasteiger charge is -2.13. The summed E-state index contributed by atoms with van der Waals surface area (Å²) in [6.45, 7) is 1.40. The summed E-state index contributed by atoms with van der Waals surface area (Å²) in [4.78, 5) is 11.2. The van der Waals surface area contributed by atoms with E-state index in [1.807, 2.05) is 0 Å². The molecule has 0 radical (unpaired) electrons. The Bertz CT molecular complexity index is 368. The van der Waals surface area contributed by atoms with E-state index in [4.69, 9.17) is 11.6 Å². The number of hydrogen-bond donors (Lipinski definition) is 0. The number of carbonyl (C=O) groups is 1. The van der Waals surface area contributed by atoms with Crippen LogP contribution in [0.3, 0.4) is 0 Å². The number of carbonyl (C=O) groups excluding carboxylic acids is 1. The summed E-state index contributed by atoms with van der Waals surface area (Å²) in [5, 5.41) is -3.13. The van der Waals surface area contributed by atoms with Gasteiger partial charge in [-0.3, -0.25) is 0 Å². The van der Waals surface area contributed by atoms with E-state index in [2.05, 4.69) is 4.74 Å². The van der Waals surface area contributed by atoms with Gasteiger partial charge in [-0.15, -0.1) is 0 Å². The Hall–Kier alpha value is -0.810. The number of alkyl halides is 2. The minimum Gasteiger partial charge on any atom is -0.461 e. The van der Waals surface area contributed by atoms with Crippen LogP contribution in [0.15, 0.2) is 29.2 Å². The second-order valence-corrected chi connectivity index (χ2v) is 4.42. The van der Waals surface area contributed by atoms with Crippen LogP contribution in [0.5, 0.6) is 0 Å². The Morgan fingerprint density at radius 3 is 2.50 bits per heavy atom. The molecule has 0 saturated carbocycles. The second-order valence-electron chi connectivity index (χ2n) is 2.79. The summed E-state index contributed by atoms with van der Waals surface area (Å²) in [7, 11) is 0. The number of halogens is 3. The Balaban J connectivity index is 2.72. The lowest BCUT2D eigenvalue weighted by Crippen LogP contribution is -2.26. The average Bonchev–Trinajstić information content (AvgIpc) is 2.21. The van der Waals surface area contributed by atoms with E-state index >= 15 is 0 Å². The standard InChI is InChI=1S/C10H9ClF2O2S/c1-2-15-9(14)10(12,13)16-8-5-3-7(11)4-6-8/h3-6H,2H2,1H3. The number of hydrogen-bond acceptors (Lipinski definition) is 3. The zero-order valence-electron chi connectivity index (χ0n) is 8.38. The molecular formula is C10H9ClF2O2S. The highest BCUT2D eigenvalue weighted by molar-refractivity contribution is 8.01. The van der Waals surface area contributed by atoms with Crippen molar-refractivity contribution in [1.29, 1.82) is 0 Å². The molecule has 16 heavy (non-hydrogen) atoms. The molecule has 0 bridgehead atoms. The number of thioether (sulfide) groups is 1. The van der Waals surface area contributed by atoms with E-state index in [9.17, 15) is 13.6 Å². The molecule has 0 saturated heterocycles. The quantitative estimate of drug-likeness (QED) is 0.615. The van der Waals surface area contributed by atoms with Crippen LogP contribution in [0.2, 0.25) is 5.02 Å². The smallest absolute Gasteiger partial charge is 0.393 e. The molecular weight excluding hydrogens is 258 g/mol. The average molecular weight is 267 g/mol. The van der Waals surface area contributed by atoms with Gasteiger partial charge in [-0.05, 0) is 43.0 Å². The summed E-state index contributed by atoms with van der Waals surface area (Å²) in [6.07, 6.45) is 0. The number of rotatable bonds is 4. The van der Waals surface area contributed by atoms with Gasteiger partial charge in [0.25, 0.3) is 0 Å². The molecule has 0 fully saturated rings. The van der Waals surface area contributed by atoms with Gasteiger partial charge >= 0.3 is 11.2 Å². The first-order chi connectivity index (χ1) is 7.45. The zero-order valence-corrected chi connectivity index (χ0v) is 9.95. The van der Waals surface area contributed by atoms with E-state index in [1.54, 1.807) is 0 Å². The molecule has 88 valence electrons.